The Morgan fingerprint density at radius 3 is 2.60 bits per heavy atom. The third kappa shape index (κ3) is 4.90. The molecule has 11 nitrogen and oxygen atoms in total. The zero-order valence-corrected chi connectivity index (χ0v) is 23.8. The number of rotatable bonds is 7. The molecule has 4 fully saturated rings. The first-order valence-electron chi connectivity index (χ1n) is 15.5. The largest absolute Gasteiger partial charge is 0.439 e. The molecule has 1 saturated heterocycles. The SMILES string of the molecule is CC1CCC(Cn2c(N3CCO[C@@H]4CCCC[C@@H]43)nc3nc(-c4noc(=O)[nH]4)nc(N[C@H](C)C4CCC4)c32)CC1. The van der Waals surface area contributed by atoms with Crippen LogP contribution in [0.25, 0.3) is 22.8 Å². The van der Waals surface area contributed by atoms with Crippen molar-refractivity contribution in [3.63, 3.8) is 0 Å². The number of nitrogens with one attached hydrogen (secondary N) is 2. The quantitative estimate of drug-likeness (QED) is 0.429. The lowest BCUT2D eigenvalue weighted by molar-refractivity contribution is -0.00958. The highest BCUT2D eigenvalue weighted by molar-refractivity contribution is 5.87. The van der Waals surface area contributed by atoms with E-state index >= 15 is 0 Å². The molecule has 1 aliphatic heterocycles. The summed E-state index contributed by atoms with van der Waals surface area (Å²) in [4.78, 5) is 31.9. The zero-order valence-electron chi connectivity index (χ0n) is 23.8. The van der Waals surface area contributed by atoms with Gasteiger partial charge in [-0.25, -0.2) is 14.8 Å². The summed E-state index contributed by atoms with van der Waals surface area (Å²) in [6, 6.07) is 0.596. The number of ether oxygens (including phenoxy) is 1. The van der Waals surface area contributed by atoms with Crippen LogP contribution in [-0.4, -0.2) is 61.0 Å². The molecule has 0 spiro atoms. The second kappa shape index (κ2) is 10.8. The van der Waals surface area contributed by atoms with Crippen LogP contribution < -0.4 is 16.0 Å². The van der Waals surface area contributed by atoms with E-state index in [-0.39, 0.29) is 18.0 Å². The number of nitrogens with zero attached hydrogens (tertiary/aromatic N) is 6. The monoisotopic (exact) mass is 550 g/mol. The summed E-state index contributed by atoms with van der Waals surface area (Å²) in [6.45, 7) is 7.06. The van der Waals surface area contributed by atoms with Crippen molar-refractivity contribution in [2.45, 2.75) is 109 Å². The van der Waals surface area contributed by atoms with Crippen LogP contribution in [0.15, 0.2) is 9.32 Å². The van der Waals surface area contributed by atoms with Gasteiger partial charge in [0.1, 0.15) is 5.52 Å². The van der Waals surface area contributed by atoms with Crippen LogP contribution in [0.2, 0.25) is 0 Å². The van der Waals surface area contributed by atoms with Crippen LogP contribution in [0.3, 0.4) is 0 Å². The number of morpholine rings is 1. The number of fused-ring (bicyclic) bond motifs is 2. The van der Waals surface area contributed by atoms with Gasteiger partial charge in [0.25, 0.3) is 0 Å². The minimum Gasteiger partial charge on any atom is -0.374 e. The first-order valence-corrected chi connectivity index (χ1v) is 15.5. The molecule has 0 aromatic carbocycles. The Labute approximate surface area is 234 Å². The van der Waals surface area contributed by atoms with Crippen LogP contribution >= 0.6 is 0 Å². The minimum absolute atomic E-state index is 0.224. The fraction of sp³-hybridized carbons (Fsp3) is 0.759. The lowest BCUT2D eigenvalue weighted by atomic mass is 9.80. The number of aromatic amines is 1. The first kappa shape index (κ1) is 26.0. The van der Waals surface area contributed by atoms with Crippen molar-refractivity contribution in [1.82, 2.24) is 29.7 Å². The lowest BCUT2D eigenvalue weighted by Crippen LogP contribution is -2.53. The molecule has 3 aromatic rings. The summed E-state index contributed by atoms with van der Waals surface area (Å²) in [6.07, 6.45) is 13.7. The standard InChI is InChI=1S/C29H42N8O3/c1-17-10-12-19(13-11-17)16-37-23-24(30-18(2)20-6-5-7-20)31-26(27-34-29(38)40-35-27)32-25(23)33-28(37)36-14-15-39-22-9-4-3-8-21(22)36/h17-22H,3-16H2,1-2H3,(H,30,31,32)(H,34,35,38)/t17?,18-,19?,21+,22-/m1/s1. The van der Waals surface area contributed by atoms with Gasteiger partial charge >= 0.3 is 5.76 Å². The molecule has 4 heterocycles. The van der Waals surface area contributed by atoms with Gasteiger partial charge in [0.15, 0.2) is 11.5 Å². The van der Waals surface area contributed by atoms with E-state index in [1.165, 1.54) is 57.8 Å². The van der Waals surface area contributed by atoms with Gasteiger partial charge < -0.3 is 19.5 Å². The molecule has 40 heavy (non-hydrogen) atoms. The van der Waals surface area contributed by atoms with Crippen molar-refractivity contribution < 1.29 is 9.26 Å². The molecule has 0 unspecified atom stereocenters. The van der Waals surface area contributed by atoms with E-state index in [4.69, 9.17) is 24.2 Å². The highest BCUT2D eigenvalue weighted by atomic mass is 16.5. The van der Waals surface area contributed by atoms with E-state index in [0.29, 0.717) is 36.0 Å². The van der Waals surface area contributed by atoms with Gasteiger partial charge in [-0.15, -0.1) is 0 Å². The Morgan fingerprint density at radius 1 is 1.02 bits per heavy atom. The summed E-state index contributed by atoms with van der Waals surface area (Å²) >= 11 is 0. The average molecular weight is 551 g/mol. The van der Waals surface area contributed by atoms with Crippen LogP contribution in [0.4, 0.5) is 11.8 Å². The van der Waals surface area contributed by atoms with E-state index in [9.17, 15) is 4.79 Å². The molecule has 2 N–H and O–H groups in total. The summed E-state index contributed by atoms with van der Waals surface area (Å²) in [7, 11) is 0. The van der Waals surface area contributed by atoms with E-state index in [0.717, 1.165) is 49.1 Å². The number of hydrogen-bond acceptors (Lipinski definition) is 9. The smallest absolute Gasteiger partial charge is 0.374 e. The molecule has 3 aliphatic carbocycles. The van der Waals surface area contributed by atoms with Gasteiger partial charge in [-0.1, -0.05) is 44.2 Å². The van der Waals surface area contributed by atoms with Crippen molar-refractivity contribution >= 4 is 22.9 Å². The summed E-state index contributed by atoms with van der Waals surface area (Å²) in [5, 5.41) is 7.65. The topological polar surface area (TPSA) is 127 Å². The molecule has 3 atom stereocenters. The molecule has 0 bridgehead atoms. The molecule has 0 amide bonds. The van der Waals surface area contributed by atoms with Crippen molar-refractivity contribution in [3.05, 3.63) is 10.6 Å². The molecular formula is C29H42N8O3. The Kier molecular flexibility index (Phi) is 7.01. The van der Waals surface area contributed by atoms with Crippen molar-refractivity contribution in [3.8, 4) is 11.6 Å². The third-order valence-electron chi connectivity index (χ3n) is 10.0. The van der Waals surface area contributed by atoms with Gasteiger partial charge in [-0.2, -0.15) is 4.98 Å². The highest BCUT2D eigenvalue weighted by Crippen LogP contribution is 2.38. The van der Waals surface area contributed by atoms with Crippen LogP contribution in [0.5, 0.6) is 0 Å². The fourth-order valence-electron chi connectivity index (χ4n) is 7.34. The molecule has 11 heteroatoms. The van der Waals surface area contributed by atoms with Gasteiger partial charge in [0, 0.05) is 19.1 Å². The third-order valence-corrected chi connectivity index (χ3v) is 10.0. The van der Waals surface area contributed by atoms with Crippen LogP contribution in [-0.2, 0) is 11.3 Å². The molecule has 3 saturated carbocycles. The predicted octanol–water partition coefficient (Wildman–Crippen LogP) is 4.74. The van der Waals surface area contributed by atoms with Crippen molar-refractivity contribution in [1.29, 1.82) is 0 Å². The highest BCUT2D eigenvalue weighted by Gasteiger charge is 2.38. The second-order valence-electron chi connectivity index (χ2n) is 12.7. The zero-order chi connectivity index (χ0) is 27.2. The predicted molar refractivity (Wildman–Crippen MR) is 152 cm³/mol. The lowest BCUT2D eigenvalue weighted by Gasteiger charge is -2.44. The molecule has 4 aliphatic rings. The molecule has 0 radical (unpaired) electrons. The Hall–Kier alpha value is -2.95. The van der Waals surface area contributed by atoms with Crippen molar-refractivity contribution in [2.75, 3.05) is 23.4 Å². The average Bonchev–Trinajstić information content (AvgIpc) is 3.52. The number of hydrogen-bond donors (Lipinski definition) is 2. The summed E-state index contributed by atoms with van der Waals surface area (Å²) < 4.78 is 13.5. The van der Waals surface area contributed by atoms with Gasteiger partial charge in [0.05, 0.1) is 18.8 Å². The maximum Gasteiger partial charge on any atom is 0.439 e. The second-order valence-corrected chi connectivity index (χ2v) is 12.7. The van der Waals surface area contributed by atoms with Gasteiger partial charge in [0.2, 0.25) is 17.6 Å². The number of imidazole rings is 1. The normalized spacial score (nSPS) is 28.3. The summed E-state index contributed by atoms with van der Waals surface area (Å²) in [5.74, 6) is 3.69. The Balaban J connectivity index is 1.36. The molecule has 7 rings (SSSR count). The molecular weight excluding hydrogens is 508 g/mol. The number of H-pyrrole nitrogens is 1. The Morgan fingerprint density at radius 2 is 1.85 bits per heavy atom. The summed E-state index contributed by atoms with van der Waals surface area (Å²) in [5.41, 5.74) is 1.59. The molecule has 3 aromatic heterocycles. The molecule has 216 valence electrons. The maximum atomic E-state index is 11.8. The van der Waals surface area contributed by atoms with Crippen LogP contribution in [0.1, 0.15) is 84.5 Å². The Bertz CT molecular complexity index is 1380. The van der Waals surface area contributed by atoms with Crippen LogP contribution in [0, 0.1) is 17.8 Å². The number of aromatic nitrogens is 6. The van der Waals surface area contributed by atoms with Gasteiger partial charge in [-0.05, 0) is 63.2 Å². The van der Waals surface area contributed by atoms with E-state index in [1.54, 1.807) is 0 Å². The van der Waals surface area contributed by atoms with Gasteiger partial charge in [-0.3, -0.25) is 9.51 Å². The minimum atomic E-state index is -0.620. The first-order chi connectivity index (χ1) is 19.5. The van der Waals surface area contributed by atoms with E-state index < -0.39 is 5.76 Å². The number of anilines is 2. The van der Waals surface area contributed by atoms with E-state index in [2.05, 4.69) is 38.8 Å². The van der Waals surface area contributed by atoms with Crippen molar-refractivity contribution in [2.24, 2.45) is 17.8 Å². The van der Waals surface area contributed by atoms with E-state index in [1.807, 2.05) is 0 Å². The fourth-order valence-corrected chi connectivity index (χ4v) is 7.34. The maximum absolute atomic E-state index is 11.8.